The summed E-state index contributed by atoms with van der Waals surface area (Å²) in [7, 11) is 0. The summed E-state index contributed by atoms with van der Waals surface area (Å²) >= 11 is 9.40. The minimum atomic E-state index is 0.533. The van der Waals surface area contributed by atoms with Gasteiger partial charge in [-0.3, -0.25) is 0 Å². The predicted octanol–water partition coefficient (Wildman–Crippen LogP) is 3.04. The van der Waals surface area contributed by atoms with E-state index in [4.69, 9.17) is 11.6 Å². The van der Waals surface area contributed by atoms with Crippen LogP contribution in [0.4, 0.5) is 0 Å². The van der Waals surface area contributed by atoms with Crippen LogP contribution in [0.25, 0.3) is 0 Å². The lowest BCUT2D eigenvalue weighted by Crippen LogP contribution is -1.85. The highest BCUT2D eigenvalue weighted by Gasteiger charge is 2.32. The minimum Gasteiger partial charge on any atom is -0.0876 e. The first-order valence-electron chi connectivity index (χ1n) is 3.02. The topological polar surface area (TPSA) is 0 Å². The van der Waals surface area contributed by atoms with Crippen molar-refractivity contribution in [1.29, 1.82) is 0 Å². The van der Waals surface area contributed by atoms with Crippen molar-refractivity contribution in [3.8, 4) is 0 Å². The van der Waals surface area contributed by atoms with Gasteiger partial charge in [0.05, 0.1) is 0 Å². The molecule has 2 heteroatoms. The fourth-order valence-corrected chi connectivity index (χ4v) is 2.36. The van der Waals surface area contributed by atoms with E-state index in [9.17, 15) is 0 Å². The van der Waals surface area contributed by atoms with Crippen molar-refractivity contribution in [2.24, 2.45) is 11.8 Å². The lowest BCUT2D eigenvalue weighted by molar-refractivity contribution is 0.724. The van der Waals surface area contributed by atoms with Crippen LogP contribution >= 0.6 is 27.5 Å². The van der Waals surface area contributed by atoms with Gasteiger partial charge in [0, 0.05) is 21.4 Å². The van der Waals surface area contributed by atoms with Gasteiger partial charge in [-0.05, 0) is 6.42 Å². The number of halogens is 2. The van der Waals surface area contributed by atoms with Gasteiger partial charge in [-0.1, -0.05) is 39.7 Å². The second-order valence-corrected chi connectivity index (χ2v) is 3.79. The molecule has 2 aliphatic carbocycles. The standard InChI is InChI=1S/C7H6BrCl/c8-6-4-1-2-5(3-4)7(6)9/h1-2,4-5H,3H2. The van der Waals surface area contributed by atoms with Crippen LogP contribution < -0.4 is 0 Å². The van der Waals surface area contributed by atoms with Gasteiger partial charge in [0.25, 0.3) is 0 Å². The molecule has 0 saturated carbocycles. The van der Waals surface area contributed by atoms with E-state index in [1.165, 1.54) is 10.9 Å². The van der Waals surface area contributed by atoms with Crippen LogP contribution in [0.3, 0.4) is 0 Å². The Hall–Kier alpha value is 0.250. The summed E-state index contributed by atoms with van der Waals surface area (Å²) in [6, 6.07) is 0. The van der Waals surface area contributed by atoms with Gasteiger partial charge in [0.1, 0.15) is 0 Å². The molecule has 2 unspecified atom stereocenters. The van der Waals surface area contributed by atoms with Crippen molar-refractivity contribution in [3.05, 3.63) is 21.7 Å². The zero-order chi connectivity index (χ0) is 6.43. The molecule has 2 bridgehead atoms. The molecule has 0 saturated heterocycles. The largest absolute Gasteiger partial charge is 0.0876 e. The van der Waals surface area contributed by atoms with Crippen LogP contribution in [-0.2, 0) is 0 Å². The zero-order valence-corrected chi connectivity index (χ0v) is 7.11. The summed E-state index contributed by atoms with van der Waals surface area (Å²) in [4.78, 5) is 0. The lowest BCUT2D eigenvalue weighted by atomic mass is 10.2. The van der Waals surface area contributed by atoms with Crippen molar-refractivity contribution in [1.82, 2.24) is 0 Å². The maximum absolute atomic E-state index is 5.94. The van der Waals surface area contributed by atoms with E-state index in [1.807, 2.05) is 0 Å². The smallest absolute Gasteiger partial charge is 0.0357 e. The third kappa shape index (κ3) is 0.714. The fourth-order valence-electron chi connectivity index (χ4n) is 1.43. The van der Waals surface area contributed by atoms with E-state index in [0.717, 1.165) is 5.03 Å². The number of rotatable bonds is 0. The fraction of sp³-hybridized carbons (Fsp3) is 0.429. The third-order valence-corrected chi connectivity index (χ3v) is 3.69. The molecule has 48 valence electrons. The highest BCUT2D eigenvalue weighted by atomic mass is 79.9. The molecule has 0 aromatic carbocycles. The van der Waals surface area contributed by atoms with Gasteiger partial charge in [0.15, 0.2) is 0 Å². The van der Waals surface area contributed by atoms with E-state index in [2.05, 4.69) is 28.1 Å². The molecule has 0 fully saturated rings. The summed E-state index contributed by atoms with van der Waals surface area (Å²) in [6.07, 6.45) is 5.61. The normalized spacial score (nSPS) is 38.9. The first-order chi connectivity index (χ1) is 4.29. The Morgan fingerprint density at radius 1 is 1.44 bits per heavy atom. The molecule has 2 atom stereocenters. The van der Waals surface area contributed by atoms with Crippen LogP contribution in [0, 0.1) is 11.8 Å². The van der Waals surface area contributed by atoms with Crippen molar-refractivity contribution in [3.63, 3.8) is 0 Å². The monoisotopic (exact) mass is 204 g/mol. The summed E-state index contributed by atoms with van der Waals surface area (Å²) in [5.74, 6) is 1.13. The molecule has 2 aliphatic rings. The molecular formula is C7H6BrCl. The SMILES string of the molecule is ClC1=C(Br)C2C=CC1C2. The molecule has 0 heterocycles. The first-order valence-corrected chi connectivity index (χ1v) is 4.19. The second kappa shape index (κ2) is 1.86. The number of allylic oxidation sites excluding steroid dienone is 4. The van der Waals surface area contributed by atoms with Crippen molar-refractivity contribution in [2.75, 3.05) is 0 Å². The molecule has 0 aromatic rings. The van der Waals surface area contributed by atoms with Gasteiger partial charge in [0.2, 0.25) is 0 Å². The molecule has 2 rings (SSSR count). The summed E-state index contributed by atoms with van der Waals surface area (Å²) in [6.45, 7) is 0. The molecular weight excluding hydrogens is 199 g/mol. The second-order valence-electron chi connectivity index (χ2n) is 2.53. The maximum atomic E-state index is 5.94. The maximum Gasteiger partial charge on any atom is 0.0357 e. The van der Waals surface area contributed by atoms with E-state index >= 15 is 0 Å². The number of fused-ring (bicyclic) bond motifs is 2. The molecule has 0 aliphatic heterocycles. The van der Waals surface area contributed by atoms with Gasteiger partial charge in [-0.15, -0.1) is 0 Å². The molecule has 9 heavy (non-hydrogen) atoms. The van der Waals surface area contributed by atoms with Crippen molar-refractivity contribution < 1.29 is 0 Å². The van der Waals surface area contributed by atoms with Gasteiger partial charge < -0.3 is 0 Å². The lowest BCUT2D eigenvalue weighted by Gasteiger charge is -2.02. The van der Waals surface area contributed by atoms with E-state index in [-0.39, 0.29) is 0 Å². The van der Waals surface area contributed by atoms with Gasteiger partial charge >= 0.3 is 0 Å². The highest BCUT2D eigenvalue weighted by molar-refractivity contribution is 9.11. The molecule has 0 amide bonds. The van der Waals surface area contributed by atoms with Crippen LogP contribution in [0.5, 0.6) is 0 Å². The first kappa shape index (κ1) is 5.99. The molecule has 0 spiro atoms. The molecule has 0 radical (unpaired) electrons. The Morgan fingerprint density at radius 3 is 2.44 bits per heavy atom. The van der Waals surface area contributed by atoms with Crippen LogP contribution in [0.2, 0.25) is 0 Å². The van der Waals surface area contributed by atoms with E-state index < -0.39 is 0 Å². The predicted molar refractivity (Wildman–Crippen MR) is 42.5 cm³/mol. The summed E-state index contributed by atoms with van der Waals surface area (Å²) in [5.41, 5.74) is 0. The quantitative estimate of drug-likeness (QED) is 0.533. The number of hydrogen-bond acceptors (Lipinski definition) is 0. The van der Waals surface area contributed by atoms with E-state index in [1.54, 1.807) is 0 Å². The summed E-state index contributed by atoms with van der Waals surface area (Å²) < 4.78 is 1.21. The zero-order valence-electron chi connectivity index (χ0n) is 4.77. The van der Waals surface area contributed by atoms with Crippen molar-refractivity contribution >= 4 is 27.5 Å². The van der Waals surface area contributed by atoms with Gasteiger partial charge in [-0.25, -0.2) is 0 Å². The Balaban J connectivity index is 2.41. The van der Waals surface area contributed by atoms with Gasteiger partial charge in [-0.2, -0.15) is 0 Å². The Labute approximate surface area is 67.7 Å². The van der Waals surface area contributed by atoms with E-state index in [0.29, 0.717) is 11.8 Å². The minimum absolute atomic E-state index is 0.533. The Bertz CT molecular complexity index is 185. The molecule has 0 N–H and O–H groups in total. The highest BCUT2D eigenvalue weighted by Crippen LogP contribution is 2.47. The molecule has 0 nitrogen and oxygen atoms in total. The third-order valence-electron chi connectivity index (χ3n) is 1.96. The number of hydrogen-bond donors (Lipinski definition) is 0. The summed E-state index contributed by atoms with van der Waals surface area (Å²) in [5, 5.41) is 1.02. The average molecular weight is 205 g/mol. The average Bonchev–Trinajstić information content (AvgIpc) is 2.37. The van der Waals surface area contributed by atoms with Crippen LogP contribution in [0.15, 0.2) is 21.7 Å². The van der Waals surface area contributed by atoms with Crippen LogP contribution in [-0.4, -0.2) is 0 Å². The Morgan fingerprint density at radius 2 is 2.11 bits per heavy atom. The Kier molecular flexibility index (Phi) is 1.24. The van der Waals surface area contributed by atoms with Crippen molar-refractivity contribution in [2.45, 2.75) is 6.42 Å². The van der Waals surface area contributed by atoms with Crippen LogP contribution in [0.1, 0.15) is 6.42 Å². The molecule has 0 aromatic heterocycles.